The van der Waals surface area contributed by atoms with Crippen LogP contribution in [0.3, 0.4) is 0 Å². The maximum absolute atomic E-state index is 15.7. The molecule has 0 saturated carbocycles. The van der Waals surface area contributed by atoms with Crippen molar-refractivity contribution in [2.24, 2.45) is 10.9 Å². The van der Waals surface area contributed by atoms with Crippen molar-refractivity contribution >= 4 is 40.7 Å². The lowest BCUT2D eigenvalue weighted by molar-refractivity contribution is -0.124. The third-order valence-electron chi connectivity index (χ3n) is 7.89. The van der Waals surface area contributed by atoms with Gasteiger partial charge in [0.05, 0.1) is 30.2 Å². The van der Waals surface area contributed by atoms with Crippen LogP contribution in [0.1, 0.15) is 18.7 Å². The van der Waals surface area contributed by atoms with Crippen molar-refractivity contribution in [2.45, 2.75) is 38.7 Å². The van der Waals surface area contributed by atoms with Crippen LogP contribution in [0.4, 0.5) is 28.9 Å². The molecule has 5 rings (SSSR count). The molecule has 1 N–H and O–H groups in total. The Bertz CT molecular complexity index is 1390. The number of rotatable bonds is 6. The Morgan fingerprint density at radius 3 is 2.52 bits per heavy atom. The fraction of sp³-hybridized carbons (Fsp3) is 0.500. The van der Waals surface area contributed by atoms with E-state index in [9.17, 15) is 22.8 Å². The molecule has 2 aromatic rings. The largest absolute Gasteiger partial charge is 0.414 e. The number of amides is 2. The number of alkyl halides is 3. The molecule has 226 valence electrons. The van der Waals surface area contributed by atoms with E-state index in [-0.39, 0.29) is 23.3 Å². The van der Waals surface area contributed by atoms with Gasteiger partial charge in [0.2, 0.25) is 5.91 Å². The van der Waals surface area contributed by atoms with Crippen LogP contribution in [0.15, 0.2) is 35.0 Å². The van der Waals surface area contributed by atoms with Crippen LogP contribution in [0.5, 0.6) is 0 Å². The number of morpholine rings is 1. The fourth-order valence-electron chi connectivity index (χ4n) is 5.34. The number of likely N-dealkylation sites (N-methyl/N-ethyl adjacent to an activating group) is 1. The van der Waals surface area contributed by atoms with Gasteiger partial charge in [0.25, 0.3) is 5.91 Å². The quantitative estimate of drug-likeness (QED) is 0.497. The average Bonchev–Trinajstić information content (AvgIpc) is 3.40. The van der Waals surface area contributed by atoms with Crippen LogP contribution in [-0.2, 0) is 20.9 Å². The van der Waals surface area contributed by atoms with Crippen molar-refractivity contribution in [3.05, 3.63) is 40.7 Å². The fourth-order valence-corrected chi connectivity index (χ4v) is 6.31. The molecular weight excluding hydrogens is 576 g/mol. The summed E-state index contributed by atoms with van der Waals surface area (Å²) in [6.07, 6.45) is -2.21. The van der Waals surface area contributed by atoms with E-state index in [2.05, 4.69) is 25.1 Å². The Kier molecular flexibility index (Phi) is 8.78. The van der Waals surface area contributed by atoms with Gasteiger partial charge in [-0.25, -0.2) is 14.4 Å². The van der Waals surface area contributed by atoms with Gasteiger partial charge in [0.15, 0.2) is 0 Å². The van der Waals surface area contributed by atoms with Gasteiger partial charge in [-0.1, -0.05) is 0 Å². The first kappa shape index (κ1) is 30.3. The van der Waals surface area contributed by atoms with Gasteiger partial charge in [-0.15, -0.1) is 11.3 Å². The first-order valence-corrected chi connectivity index (χ1v) is 14.5. The molecule has 1 aromatic heterocycles. The molecule has 0 bridgehead atoms. The van der Waals surface area contributed by atoms with E-state index in [4.69, 9.17) is 4.74 Å². The van der Waals surface area contributed by atoms with Gasteiger partial charge in [-0.3, -0.25) is 19.4 Å². The Morgan fingerprint density at radius 2 is 1.86 bits per heavy atom. The van der Waals surface area contributed by atoms with Gasteiger partial charge in [-0.2, -0.15) is 13.2 Å². The summed E-state index contributed by atoms with van der Waals surface area (Å²) in [6.45, 7) is 8.53. The molecule has 3 aliphatic rings. The number of ether oxygens (including phenoxy) is 1. The monoisotopic (exact) mass is 608 g/mol. The first-order valence-electron chi connectivity index (χ1n) is 13.6. The molecule has 0 aliphatic carbocycles. The average molecular weight is 609 g/mol. The zero-order valence-corrected chi connectivity index (χ0v) is 24.3. The zero-order chi connectivity index (χ0) is 30.2. The minimum atomic E-state index is -4.92. The van der Waals surface area contributed by atoms with Crippen molar-refractivity contribution in [3.8, 4) is 10.6 Å². The number of aliphatic imine (C=N–C) groups is 1. The number of halogens is 4. The van der Waals surface area contributed by atoms with Gasteiger partial charge in [-0.05, 0) is 27.0 Å². The van der Waals surface area contributed by atoms with Crippen LogP contribution in [0.2, 0.25) is 0 Å². The van der Waals surface area contributed by atoms with Crippen molar-refractivity contribution in [2.75, 3.05) is 56.7 Å². The zero-order valence-electron chi connectivity index (χ0n) is 23.4. The lowest BCUT2D eigenvalue weighted by atomic mass is 9.95. The molecule has 2 amide bonds. The number of hydrogen-bond acceptors (Lipinski definition) is 8. The molecule has 0 spiro atoms. The van der Waals surface area contributed by atoms with E-state index in [0.717, 1.165) is 18.0 Å². The summed E-state index contributed by atoms with van der Waals surface area (Å²) in [5.74, 6) is -4.52. The number of benzene rings is 1. The van der Waals surface area contributed by atoms with Crippen molar-refractivity contribution in [1.29, 1.82) is 0 Å². The summed E-state index contributed by atoms with van der Waals surface area (Å²) >= 11 is 1.31. The molecule has 0 radical (unpaired) electrons. The molecule has 14 heteroatoms. The summed E-state index contributed by atoms with van der Waals surface area (Å²) in [5, 5.41) is 2.98. The van der Waals surface area contributed by atoms with Crippen LogP contribution < -0.4 is 10.2 Å². The summed E-state index contributed by atoms with van der Waals surface area (Å²) < 4.78 is 62.3. The minimum absolute atomic E-state index is 0.0954. The van der Waals surface area contributed by atoms with Crippen molar-refractivity contribution in [3.63, 3.8) is 0 Å². The number of thiazole rings is 1. The van der Waals surface area contributed by atoms with Gasteiger partial charge >= 0.3 is 6.18 Å². The number of carbonyl (C=O) groups is 2. The Morgan fingerprint density at radius 1 is 1.17 bits per heavy atom. The molecule has 9 nitrogen and oxygen atoms in total. The van der Waals surface area contributed by atoms with Crippen LogP contribution in [0.25, 0.3) is 10.6 Å². The highest BCUT2D eigenvalue weighted by molar-refractivity contribution is 7.15. The maximum Gasteiger partial charge on any atom is 0.414 e. The van der Waals surface area contributed by atoms with Crippen molar-refractivity contribution in [1.82, 2.24) is 14.8 Å². The molecule has 4 heterocycles. The van der Waals surface area contributed by atoms with Gasteiger partial charge in [0, 0.05) is 79.8 Å². The van der Waals surface area contributed by atoms with Crippen LogP contribution in [0, 0.1) is 11.7 Å². The number of piperazine rings is 1. The molecular formula is C28H32F4N6O3S. The van der Waals surface area contributed by atoms with E-state index < -0.39 is 35.3 Å². The lowest BCUT2D eigenvalue weighted by Crippen LogP contribution is -2.55. The smallest absolute Gasteiger partial charge is 0.379 e. The second-order valence-corrected chi connectivity index (χ2v) is 11.9. The SMILES string of the molecule is C[C@@H]1CN(c2cc(F)c(-c3ncc(CN4CCOCC4)s3)cc2NC(=O)C2C=NC(=O)C=C2C(F)(F)F)C[C@H](C)N1C. The highest BCUT2D eigenvalue weighted by atomic mass is 32.1. The van der Waals surface area contributed by atoms with E-state index in [1.807, 2.05) is 25.8 Å². The molecule has 3 aliphatic heterocycles. The van der Waals surface area contributed by atoms with E-state index in [0.29, 0.717) is 55.8 Å². The summed E-state index contributed by atoms with van der Waals surface area (Å²) in [4.78, 5) is 40.0. The molecule has 42 heavy (non-hydrogen) atoms. The number of aromatic nitrogens is 1. The number of nitrogens with zero attached hydrogens (tertiary/aromatic N) is 5. The van der Waals surface area contributed by atoms with Crippen LogP contribution >= 0.6 is 11.3 Å². The van der Waals surface area contributed by atoms with Crippen molar-refractivity contribution < 1.29 is 31.9 Å². The molecule has 2 saturated heterocycles. The van der Waals surface area contributed by atoms with E-state index >= 15 is 4.39 Å². The molecule has 1 unspecified atom stereocenters. The molecule has 2 fully saturated rings. The van der Waals surface area contributed by atoms with Gasteiger partial charge < -0.3 is 15.0 Å². The van der Waals surface area contributed by atoms with E-state index in [1.165, 1.54) is 23.5 Å². The van der Waals surface area contributed by atoms with E-state index in [1.54, 1.807) is 6.20 Å². The highest BCUT2D eigenvalue weighted by Gasteiger charge is 2.43. The summed E-state index contributed by atoms with van der Waals surface area (Å²) in [5.41, 5.74) is -0.681. The summed E-state index contributed by atoms with van der Waals surface area (Å²) in [6, 6.07) is 2.92. The number of hydrogen-bond donors (Lipinski definition) is 1. The summed E-state index contributed by atoms with van der Waals surface area (Å²) in [7, 11) is 1.99. The predicted molar refractivity (Wildman–Crippen MR) is 152 cm³/mol. The normalized spacial score (nSPS) is 24.2. The Labute approximate surface area is 244 Å². The first-order chi connectivity index (χ1) is 19.9. The number of anilines is 2. The third-order valence-corrected chi connectivity index (χ3v) is 8.90. The van der Waals surface area contributed by atoms with Crippen LogP contribution in [-0.4, -0.2) is 97.5 Å². The predicted octanol–water partition coefficient (Wildman–Crippen LogP) is 3.96. The number of dihydropyridines is 1. The van der Waals surface area contributed by atoms with Gasteiger partial charge in [0.1, 0.15) is 16.7 Å². The Hall–Kier alpha value is -3.20. The molecule has 3 atom stereocenters. The Balaban J connectivity index is 1.49. The minimum Gasteiger partial charge on any atom is -0.379 e. The second-order valence-electron chi connectivity index (χ2n) is 10.8. The lowest BCUT2D eigenvalue weighted by Gasteiger charge is -2.44. The topological polar surface area (TPSA) is 90.4 Å². The second kappa shape index (κ2) is 12.2. The number of carbonyl (C=O) groups excluding carboxylic acids is 2. The third kappa shape index (κ3) is 6.56. The standard InChI is InChI=1S/C28H32F4N6O3S/c1-16-13-38(14-17(2)36(16)3)24-10-22(29)19(27-34-11-18(42-27)15-37-4-6-41-7-5-37)8-23(24)35-26(40)20-12-33-25(39)9-21(20)28(30,31)32/h8-12,16-17,20H,4-7,13-15H2,1-3H3,(H,35,40)/t16-,17+,20?. The molecule has 1 aromatic carbocycles. The number of nitrogens with one attached hydrogen (secondary N) is 1. The maximum atomic E-state index is 15.7. The highest BCUT2D eigenvalue weighted by Crippen LogP contribution is 2.39.